The Bertz CT molecular complexity index is 520. The second kappa shape index (κ2) is 5.76. The topological polar surface area (TPSA) is 63.4 Å². The van der Waals surface area contributed by atoms with Crippen LogP contribution in [0, 0.1) is 5.41 Å². The van der Waals surface area contributed by atoms with Crippen LogP contribution in [0.25, 0.3) is 0 Å². The molecule has 1 saturated heterocycles. The van der Waals surface area contributed by atoms with E-state index in [1.807, 2.05) is 6.92 Å². The molecule has 2 heterocycles. The molecule has 1 fully saturated rings. The molecule has 1 unspecified atom stereocenters. The molecule has 18 heavy (non-hydrogen) atoms. The Labute approximate surface area is 126 Å². The molecule has 2 N–H and O–H groups in total. The van der Waals surface area contributed by atoms with Gasteiger partial charge in [-0.25, -0.2) is 8.42 Å². The monoisotopic (exact) mass is 374 g/mol. The lowest BCUT2D eigenvalue weighted by Gasteiger charge is -2.22. The van der Waals surface area contributed by atoms with E-state index in [9.17, 15) is 8.42 Å². The molecular formula is C10H16BrClN2O2S2. The van der Waals surface area contributed by atoms with Gasteiger partial charge >= 0.3 is 0 Å². The van der Waals surface area contributed by atoms with Gasteiger partial charge in [-0.1, -0.05) is 6.92 Å². The van der Waals surface area contributed by atoms with E-state index >= 15 is 0 Å². The standard InChI is InChI=1S/C10H15BrN2O2S2.ClH/c1-10(6-12)3-4-13(7-10)17(14,15)9-8(11)2-5-16-9;/h2,5H,3-4,6-7,12H2,1H3;1H. The molecule has 0 aliphatic carbocycles. The van der Waals surface area contributed by atoms with E-state index in [-0.39, 0.29) is 17.8 Å². The van der Waals surface area contributed by atoms with E-state index in [0.29, 0.717) is 28.3 Å². The van der Waals surface area contributed by atoms with E-state index in [1.54, 1.807) is 11.4 Å². The van der Waals surface area contributed by atoms with Crippen molar-refractivity contribution in [3.8, 4) is 0 Å². The summed E-state index contributed by atoms with van der Waals surface area (Å²) in [4.78, 5) is 0. The minimum absolute atomic E-state index is 0. The summed E-state index contributed by atoms with van der Waals surface area (Å²) in [5.41, 5.74) is 5.61. The summed E-state index contributed by atoms with van der Waals surface area (Å²) in [6.07, 6.45) is 0.825. The lowest BCUT2D eigenvalue weighted by atomic mass is 9.90. The second-order valence-corrected chi connectivity index (χ2v) is 8.56. The Morgan fingerprint density at radius 1 is 1.61 bits per heavy atom. The number of thiophene rings is 1. The molecule has 0 saturated carbocycles. The van der Waals surface area contributed by atoms with Crippen molar-refractivity contribution in [2.24, 2.45) is 11.1 Å². The smallest absolute Gasteiger partial charge is 0.253 e. The summed E-state index contributed by atoms with van der Waals surface area (Å²) in [5, 5.41) is 1.77. The average Bonchev–Trinajstić information content (AvgIpc) is 2.86. The SMILES string of the molecule is CC1(CN)CCN(S(=O)(=O)c2sccc2Br)C1.Cl. The highest BCUT2D eigenvalue weighted by atomic mass is 79.9. The van der Waals surface area contributed by atoms with Gasteiger partial charge in [-0.3, -0.25) is 0 Å². The van der Waals surface area contributed by atoms with Gasteiger partial charge in [-0.2, -0.15) is 4.31 Å². The van der Waals surface area contributed by atoms with Crippen molar-refractivity contribution >= 4 is 49.7 Å². The van der Waals surface area contributed by atoms with Crippen molar-refractivity contribution in [3.63, 3.8) is 0 Å². The van der Waals surface area contributed by atoms with Crippen LogP contribution < -0.4 is 5.73 Å². The maximum atomic E-state index is 12.4. The van der Waals surface area contributed by atoms with Crippen LogP contribution in [-0.2, 0) is 10.0 Å². The summed E-state index contributed by atoms with van der Waals surface area (Å²) < 4.78 is 27.3. The van der Waals surface area contributed by atoms with Crippen molar-refractivity contribution < 1.29 is 8.42 Å². The van der Waals surface area contributed by atoms with E-state index in [1.165, 1.54) is 15.6 Å². The fraction of sp³-hybridized carbons (Fsp3) is 0.600. The van der Waals surface area contributed by atoms with Gasteiger partial charge in [0.2, 0.25) is 0 Å². The van der Waals surface area contributed by atoms with Crippen LogP contribution in [0.4, 0.5) is 0 Å². The normalized spacial score (nSPS) is 25.1. The third-order valence-corrected chi connectivity index (χ3v) is 7.67. The van der Waals surface area contributed by atoms with Gasteiger partial charge in [0.1, 0.15) is 4.21 Å². The summed E-state index contributed by atoms with van der Waals surface area (Å²) in [6, 6.07) is 1.76. The Morgan fingerprint density at radius 2 is 2.28 bits per heavy atom. The Morgan fingerprint density at radius 3 is 2.72 bits per heavy atom. The van der Waals surface area contributed by atoms with E-state index in [4.69, 9.17) is 5.73 Å². The molecule has 0 amide bonds. The molecule has 0 aromatic carbocycles. The molecule has 0 radical (unpaired) electrons. The average molecular weight is 376 g/mol. The fourth-order valence-corrected chi connectivity index (χ4v) is 5.97. The Balaban J connectivity index is 0.00000162. The van der Waals surface area contributed by atoms with Gasteiger partial charge in [-0.15, -0.1) is 23.7 Å². The van der Waals surface area contributed by atoms with Crippen molar-refractivity contribution in [2.75, 3.05) is 19.6 Å². The predicted molar refractivity (Wildman–Crippen MR) is 79.8 cm³/mol. The van der Waals surface area contributed by atoms with Crippen molar-refractivity contribution in [3.05, 3.63) is 15.9 Å². The lowest BCUT2D eigenvalue weighted by molar-refractivity contribution is 0.350. The first-order valence-corrected chi connectivity index (χ1v) is 8.43. The molecule has 8 heteroatoms. The molecule has 0 spiro atoms. The predicted octanol–water partition coefficient (Wildman–Crippen LogP) is 2.29. The third kappa shape index (κ3) is 2.91. The first-order valence-electron chi connectivity index (χ1n) is 5.32. The third-order valence-electron chi connectivity index (χ3n) is 3.17. The van der Waals surface area contributed by atoms with Crippen LogP contribution in [0.2, 0.25) is 0 Å². The molecule has 2 rings (SSSR count). The van der Waals surface area contributed by atoms with Gasteiger partial charge in [0.05, 0.1) is 0 Å². The zero-order valence-electron chi connectivity index (χ0n) is 9.93. The highest BCUT2D eigenvalue weighted by Gasteiger charge is 2.39. The summed E-state index contributed by atoms with van der Waals surface area (Å²) >= 11 is 4.52. The van der Waals surface area contributed by atoms with E-state index in [0.717, 1.165) is 6.42 Å². The maximum absolute atomic E-state index is 12.4. The molecular weight excluding hydrogens is 360 g/mol. The summed E-state index contributed by atoms with van der Waals surface area (Å²) in [7, 11) is -3.36. The number of hydrogen-bond acceptors (Lipinski definition) is 4. The quantitative estimate of drug-likeness (QED) is 0.881. The second-order valence-electron chi connectivity index (χ2n) is 4.66. The number of hydrogen-bond donors (Lipinski definition) is 1. The van der Waals surface area contributed by atoms with Crippen LogP contribution in [0.1, 0.15) is 13.3 Å². The Hall–Kier alpha value is 0.340. The van der Waals surface area contributed by atoms with Gasteiger partial charge in [-0.05, 0) is 45.8 Å². The number of nitrogens with zero attached hydrogens (tertiary/aromatic N) is 1. The molecule has 4 nitrogen and oxygen atoms in total. The lowest BCUT2D eigenvalue weighted by Crippen LogP contribution is -2.34. The van der Waals surface area contributed by atoms with Gasteiger partial charge < -0.3 is 5.73 Å². The number of sulfonamides is 1. The molecule has 1 aromatic rings. The van der Waals surface area contributed by atoms with Gasteiger partial charge in [0, 0.05) is 17.6 Å². The molecule has 1 aliphatic rings. The maximum Gasteiger partial charge on any atom is 0.253 e. The molecule has 104 valence electrons. The zero-order chi connectivity index (χ0) is 12.7. The molecule has 1 aliphatic heterocycles. The highest BCUT2D eigenvalue weighted by molar-refractivity contribution is 9.10. The number of nitrogens with two attached hydrogens (primary N) is 1. The first-order chi connectivity index (χ1) is 7.89. The Kier molecular flexibility index (Phi) is 5.25. The van der Waals surface area contributed by atoms with Crippen LogP contribution in [0.5, 0.6) is 0 Å². The van der Waals surface area contributed by atoms with Crippen LogP contribution in [0.3, 0.4) is 0 Å². The summed E-state index contributed by atoms with van der Waals surface area (Å²) in [6.45, 7) is 3.62. The van der Waals surface area contributed by atoms with E-state index < -0.39 is 10.0 Å². The minimum atomic E-state index is -3.36. The fourth-order valence-electron chi connectivity index (χ4n) is 1.93. The number of halogens is 2. The molecule has 1 atom stereocenters. The highest BCUT2D eigenvalue weighted by Crippen LogP contribution is 2.36. The van der Waals surface area contributed by atoms with Crippen LogP contribution in [-0.4, -0.2) is 32.4 Å². The van der Waals surface area contributed by atoms with Crippen molar-refractivity contribution in [1.29, 1.82) is 0 Å². The van der Waals surface area contributed by atoms with E-state index in [2.05, 4.69) is 15.9 Å². The molecule has 1 aromatic heterocycles. The van der Waals surface area contributed by atoms with Crippen LogP contribution >= 0.6 is 39.7 Å². The van der Waals surface area contributed by atoms with Gasteiger partial charge in [0.25, 0.3) is 10.0 Å². The number of rotatable bonds is 3. The van der Waals surface area contributed by atoms with Gasteiger partial charge in [0.15, 0.2) is 0 Å². The zero-order valence-corrected chi connectivity index (χ0v) is 14.0. The van der Waals surface area contributed by atoms with Crippen molar-refractivity contribution in [2.45, 2.75) is 17.6 Å². The van der Waals surface area contributed by atoms with Crippen molar-refractivity contribution in [1.82, 2.24) is 4.31 Å². The van der Waals surface area contributed by atoms with Crippen LogP contribution in [0.15, 0.2) is 20.1 Å². The first kappa shape index (κ1) is 16.4. The minimum Gasteiger partial charge on any atom is -0.330 e. The summed E-state index contributed by atoms with van der Waals surface area (Å²) in [5.74, 6) is 0. The molecule has 0 bridgehead atoms. The largest absolute Gasteiger partial charge is 0.330 e.